The second-order valence-electron chi connectivity index (χ2n) is 4.45. The van der Waals surface area contributed by atoms with Gasteiger partial charge in [-0.3, -0.25) is 0 Å². The van der Waals surface area contributed by atoms with Gasteiger partial charge in [-0.15, -0.1) is 0 Å². The number of hydrogen-bond acceptors (Lipinski definition) is 3. The van der Waals surface area contributed by atoms with E-state index in [2.05, 4.69) is 18.3 Å². The van der Waals surface area contributed by atoms with Crippen molar-refractivity contribution in [1.29, 1.82) is 5.26 Å². The molecule has 0 heterocycles. The van der Waals surface area contributed by atoms with Crippen LogP contribution in [-0.2, 0) is 0 Å². The van der Waals surface area contributed by atoms with Gasteiger partial charge in [0.1, 0.15) is 11.8 Å². The van der Waals surface area contributed by atoms with Crippen LogP contribution in [0.1, 0.15) is 24.1 Å². The summed E-state index contributed by atoms with van der Waals surface area (Å²) in [5.74, 6) is 0.824. The van der Waals surface area contributed by atoms with Crippen LogP contribution >= 0.6 is 11.6 Å². The van der Waals surface area contributed by atoms with Crippen molar-refractivity contribution in [1.82, 2.24) is 0 Å². The minimum atomic E-state index is 0.0952. The Bertz CT molecular complexity index is 649. The smallest absolute Gasteiger partial charge is 0.119 e. The van der Waals surface area contributed by atoms with Gasteiger partial charge in [0.25, 0.3) is 0 Å². The van der Waals surface area contributed by atoms with Crippen LogP contribution in [-0.4, -0.2) is 7.11 Å². The van der Waals surface area contributed by atoms with Gasteiger partial charge in [-0.05, 0) is 42.8 Å². The van der Waals surface area contributed by atoms with Crippen molar-refractivity contribution in [2.24, 2.45) is 0 Å². The van der Waals surface area contributed by atoms with Crippen molar-refractivity contribution in [3.63, 3.8) is 0 Å². The monoisotopic (exact) mass is 286 g/mol. The molecule has 0 aliphatic rings. The Morgan fingerprint density at radius 1 is 1.25 bits per heavy atom. The lowest BCUT2D eigenvalue weighted by Gasteiger charge is -2.16. The predicted molar refractivity (Wildman–Crippen MR) is 81.2 cm³/mol. The summed E-state index contributed by atoms with van der Waals surface area (Å²) in [7, 11) is 1.65. The molecular weight excluding hydrogens is 272 g/mol. The fourth-order valence-electron chi connectivity index (χ4n) is 1.94. The number of methoxy groups -OCH3 is 1. The fourth-order valence-corrected chi connectivity index (χ4v) is 2.10. The highest BCUT2D eigenvalue weighted by Crippen LogP contribution is 2.25. The molecule has 0 aliphatic heterocycles. The first-order chi connectivity index (χ1) is 9.63. The molecule has 0 spiro atoms. The summed E-state index contributed by atoms with van der Waals surface area (Å²) in [6.07, 6.45) is 0. The van der Waals surface area contributed by atoms with Crippen molar-refractivity contribution >= 4 is 17.3 Å². The zero-order chi connectivity index (χ0) is 14.5. The van der Waals surface area contributed by atoms with Gasteiger partial charge in [-0.25, -0.2) is 0 Å². The molecule has 0 bridgehead atoms. The second-order valence-corrected chi connectivity index (χ2v) is 4.86. The highest BCUT2D eigenvalue weighted by molar-refractivity contribution is 6.31. The average molecular weight is 287 g/mol. The van der Waals surface area contributed by atoms with Crippen molar-refractivity contribution < 1.29 is 4.74 Å². The van der Waals surface area contributed by atoms with Crippen LogP contribution in [0.5, 0.6) is 5.75 Å². The zero-order valence-electron chi connectivity index (χ0n) is 11.4. The molecule has 4 heteroatoms. The van der Waals surface area contributed by atoms with E-state index in [9.17, 15) is 0 Å². The van der Waals surface area contributed by atoms with Crippen molar-refractivity contribution in [3.05, 3.63) is 58.6 Å². The van der Waals surface area contributed by atoms with E-state index in [1.165, 1.54) is 0 Å². The molecule has 20 heavy (non-hydrogen) atoms. The molecule has 1 N–H and O–H groups in total. The van der Waals surface area contributed by atoms with Crippen LogP contribution in [0.15, 0.2) is 42.5 Å². The topological polar surface area (TPSA) is 45.0 Å². The lowest BCUT2D eigenvalue weighted by atomic mass is 10.1. The first-order valence-electron chi connectivity index (χ1n) is 6.24. The largest absolute Gasteiger partial charge is 0.497 e. The van der Waals surface area contributed by atoms with E-state index in [0.29, 0.717) is 10.6 Å². The third-order valence-electron chi connectivity index (χ3n) is 3.06. The highest BCUT2D eigenvalue weighted by Gasteiger charge is 2.08. The fraction of sp³-hybridized carbons (Fsp3) is 0.188. The van der Waals surface area contributed by atoms with Gasteiger partial charge in [0.05, 0.1) is 17.7 Å². The van der Waals surface area contributed by atoms with Crippen LogP contribution in [0.25, 0.3) is 0 Å². The number of benzene rings is 2. The Balaban J connectivity index is 2.19. The van der Waals surface area contributed by atoms with E-state index in [-0.39, 0.29) is 6.04 Å². The van der Waals surface area contributed by atoms with E-state index >= 15 is 0 Å². The quantitative estimate of drug-likeness (QED) is 0.906. The summed E-state index contributed by atoms with van der Waals surface area (Å²) < 4.78 is 5.22. The van der Waals surface area contributed by atoms with Crippen LogP contribution in [0.3, 0.4) is 0 Å². The standard InChI is InChI=1S/C16H15ClN2O/c1-11(12-4-3-5-15(9-12)20-2)19-14-6-7-16(17)13(8-14)10-18/h3-9,11,19H,1-2H3. The van der Waals surface area contributed by atoms with Gasteiger partial charge in [-0.2, -0.15) is 5.26 Å². The van der Waals surface area contributed by atoms with Crippen LogP contribution in [0.4, 0.5) is 5.69 Å². The number of ether oxygens (including phenoxy) is 1. The molecule has 102 valence electrons. The number of halogens is 1. The normalized spacial score (nSPS) is 11.5. The van der Waals surface area contributed by atoms with Gasteiger partial charge in [0.15, 0.2) is 0 Å². The molecule has 2 aromatic rings. The number of nitrogens with one attached hydrogen (secondary N) is 1. The molecule has 2 rings (SSSR count). The van der Waals surface area contributed by atoms with Crippen molar-refractivity contribution in [2.75, 3.05) is 12.4 Å². The molecule has 3 nitrogen and oxygen atoms in total. The number of nitriles is 1. The Hall–Kier alpha value is -2.18. The van der Waals surface area contributed by atoms with Gasteiger partial charge >= 0.3 is 0 Å². The van der Waals surface area contributed by atoms with Crippen LogP contribution < -0.4 is 10.1 Å². The zero-order valence-corrected chi connectivity index (χ0v) is 12.1. The molecule has 0 aromatic heterocycles. The van der Waals surface area contributed by atoms with E-state index in [1.807, 2.05) is 30.3 Å². The van der Waals surface area contributed by atoms with E-state index in [0.717, 1.165) is 17.0 Å². The summed E-state index contributed by atoms with van der Waals surface area (Å²) >= 11 is 5.92. The number of anilines is 1. The number of hydrogen-bond donors (Lipinski definition) is 1. The summed E-state index contributed by atoms with van der Waals surface area (Å²) in [5, 5.41) is 12.8. The minimum absolute atomic E-state index is 0.0952. The van der Waals surface area contributed by atoms with Gasteiger partial charge in [-0.1, -0.05) is 23.7 Å². The Kier molecular flexibility index (Phi) is 4.49. The molecule has 0 amide bonds. The maximum Gasteiger partial charge on any atom is 0.119 e. The lowest BCUT2D eigenvalue weighted by molar-refractivity contribution is 0.414. The number of rotatable bonds is 4. The minimum Gasteiger partial charge on any atom is -0.497 e. The molecule has 0 saturated heterocycles. The Morgan fingerprint density at radius 3 is 2.75 bits per heavy atom. The maximum atomic E-state index is 8.98. The predicted octanol–water partition coefficient (Wildman–Crippen LogP) is 4.39. The van der Waals surface area contributed by atoms with E-state index in [4.69, 9.17) is 21.6 Å². The average Bonchev–Trinajstić information content (AvgIpc) is 2.49. The van der Waals surface area contributed by atoms with E-state index < -0.39 is 0 Å². The first-order valence-corrected chi connectivity index (χ1v) is 6.62. The van der Waals surface area contributed by atoms with Gasteiger partial charge in [0, 0.05) is 11.7 Å². The summed E-state index contributed by atoms with van der Waals surface area (Å²) in [6, 6.07) is 15.4. The number of nitrogens with zero attached hydrogens (tertiary/aromatic N) is 1. The summed E-state index contributed by atoms with van der Waals surface area (Å²) in [6.45, 7) is 2.05. The van der Waals surface area contributed by atoms with E-state index in [1.54, 1.807) is 19.2 Å². The molecule has 0 saturated carbocycles. The summed E-state index contributed by atoms with van der Waals surface area (Å²) in [4.78, 5) is 0. The summed E-state index contributed by atoms with van der Waals surface area (Å²) in [5.41, 5.74) is 2.44. The van der Waals surface area contributed by atoms with Crippen molar-refractivity contribution in [2.45, 2.75) is 13.0 Å². The lowest BCUT2D eigenvalue weighted by Crippen LogP contribution is -2.06. The van der Waals surface area contributed by atoms with Crippen LogP contribution in [0, 0.1) is 11.3 Å². The van der Waals surface area contributed by atoms with Gasteiger partial charge < -0.3 is 10.1 Å². The maximum absolute atomic E-state index is 8.98. The molecule has 2 aromatic carbocycles. The molecule has 1 unspecified atom stereocenters. The molecule has 0 radical (unpaired) electrons. The molecule has 0 fully saturated rings. The highest BCUT2D eigenvalue weighted by atomic mass is 35.5. The van der Waals surface area contributed by atoms with Crippen molar-refractivity contribution in [3.8, 4) is 11.8 Å². The SMILES string of the molecule is COc1cccc(C(C)Nc2ccc(Cl)c(C#N)c2)c1. The second kappa shape index (κ2) is 6.31. The molecular formula is C16H15ClN2O. The Labute approximate surface area is 123 Å². The van der Waals surface area contributed by atoms with Gasteiger partial charge in [0.2, 0.25) is 0 Å². The Morgan fingerprint density at radius 2 is 2.05 bits per heavy atom. The van der Waals surface area contributed by atoms with Crippen LogP contribution in [0.2, 0.25) is 5.02 Å². The molecule has 1 atom stereocenters. The third-order valence-corrected chi connectivity index (χ3v) is 3.39. The molecule has 0 aliphatic carbocycles. The third kappa shape index (κ3) is 3.23. The first kappa shape index (κ1) is 14.2.